The van der Waals surface area contributed by atoms with Crippen LogP contribution in [0.4, 0.5) is 0 Å². The number of hydrogen-bond donors (Lipinski definition) is 1. The number of benzene rings is 1. The van der Waals surface area contributed by atoms with Gasteiger partial charge >= 0.3 is 0 Å². The standard InChI is InChI=1S/C17H27NO2/c1-4-18-13-17(7-9-20-10-8-17)12-15-11-14(2)5-6-16(15)19-3/h5-6,11,18H,4,7-10,12-13H2,1-3H3. The van der Waals surface area contributed by atoms with E-state index in [-0.39, 0.29) is 0 Å². The minimum atomic E-state index is 0.301. The molecule has 1 saturated heterocycles. The average molecular weight is 277 g/mol. The summed E-state index contributed by atoms with van der Waals surface area (Å²) in [5.41, 5.74) is 2.92. The van der Waals surface area contributed by atoms with Gasteiger partial charge in [-0.15, -0.1) is 0 Å². The summed E-state index contributed by atoms with van der Waals surface area (Å²) in [6.07, 6.45) is 3.31. The van der Waals surface area contributed by atoms with E-state index in [1.165, 1.54) is 11.1 Å². The van der Waals surface area contributed by atoms with Crippen LogP contribution in [0.25, 0.3) is 0 Å². The topological polar surface area (TPSA) is 30.5 Å². The van der Waals surface area contributed by atoms with Crippen LogP contribution in [0.5, 0.6) is 5.75 Å². The zero-order valence-corrected chi connectivity index (χ0v) is 13.0. The van der Waals surface area contributed by atoms with Crippen LogP contribution in [0.15, 0.2) is 18.2 Å². The number of methoxy groups -OCH3 is 1. The van der Waals surface area contributed by atoms with Crippen LogP contribution in [0.2, 0.25) is 0 Å². The predicted octanol–water partition coefficient (Wildman–Crippen LogP) is 2.95. The fourth-order valence-corrected chi connectivity index (χ4v) is 3.06. The van der Waals surface area contributed by atoms with Crippen molar-refractivity contribution in [3.05, 3.63) is 29.3 Å². The summed E-state index contributed by atoms with van der Waals surface area (Å²) >= 11 is 0. The van der Waals surface area contributed by atoms with E-state index in [1.54, 1.807) is 7.11 Å². The van der Waals surface area contributed by atoms with E-state index in [1.807, 2.05) is 0 Å². The van der Waals surface area contributed by atoms with Crippen molar-refractivity contribution in [2.75, 3.05) is 33.4 Å². The van der Waals surface area contributed by atoms with Gasteiger partial charge in [0.1, 0.15) is 5.75 Å². The number of nitrogens with one attached hydrogen (secondary N) is 1. The highest BCUT2D eigenvalue weighted by atomic mass is 16.5. The van der Waals surface area contributed by atoms with E-state index in [2.05, 4.69) is 37.4 Å². The van der Waals surface area contributed by atoms with Crippen molar-refractivity contribution in [2.24, 2.45) is 5.41 Å². The SMILES string of the molecule is CCNCC1(Cc2cc(C)ccc2OC)CCOCC1. The van der Waals surface area contributed by atoms with Gasteiger partial charge < -0.3 is 14.8 Å². The molecule has 0 unspecified atom stereocenters. The Kier molecular flexibility index (Phi) is 5.44. The molecule has 1 aliphatic rings. The van der Waals surface area contributed by atoms with Gasteiger partial charge in [-0.3, -0.25) is 0 Å². The van der Waals surface area contributed by atoms with Gasteiger partial charge in [0.25, 0.3) is 0 Å². The van der Waals surface area contributed by atoms with Gasteiger partial charge in [-0.1, -0.05) is 24.6 Å². The van der Waals surface area contributed by atoms with Crippen LogP contribution in [0, 0.1) is 12.3 Å². The summed E-state index contributed by atoms with van der Waals surface area (Å²) in [4.78, 5) is 0. The molecule has 0 atom stereocenters. The van der Waals surface area contributed by atoms with Crippen molar-refractivity contribution in [2.45, 2.75) is 33.1 Å². The molecule has 1 fully saturated rings. The Labute approximate surface area is 122 Å². The number of hydrogen-bond acceptors (Lipinski definition) is 3. The molecule has 0 radical (unpaired) electrons. The highest BCUT2D eigenvalue weighted by molar-refractivity contribution is 5.37. The van der Waals surface area contributed by atoms with Crippen molar-refractivity contribution >= 4 is 0 Å². The van der Waals surface area contributed by atoms with E-state index >= 15 is 0 Å². The lowest BCUT2D eigenvalue weighted by molar-refractivity contribution is 0.0149. The maximum absolute atomic E-state index is 5.56. The van der Waals surface area contributed by atoms with Crippen molar-refractivity contribution < 1.29 is 9.47 Å². The molecule has 3 nitrogen and oxygen atoms in total. The monoisotopic (exact) mass is 277 g/mol. The van der Waals surface area contributed by atoms with Crippen LogP contribution >= 0.6 is 0 Å². The molecule has 112 valence electrons. The minimum Gasteiger partial charge on any atom is -0.496 e. The molecule has 2 rings (SSSR count). The first-order valence-corrected chi connectivity index (χ1v) is 7.61. The number of rotatable bonds is 6. The first-order chi connectivity index (χ1) is 9.69. The van der Waals surface area contributed by atoms with Crippen molar-refractivity contribution in [3.8, 4) is 5.75 Å². The third-order valence-electron chi connectivity index (χ3n) is 4.30. The molecular weight excluding hydrogens is 250 g/mol. The minimum absolute atomic E-state index is 0.301. The summed E-state index contributed by atoms with van der Waals surface area (Å²) in [5.74, 6) is 1.01. The van der Waals surface area contributed by atoms with Crippen molar-refractivity contribution in [3.63, 3.8) is 0 Å². The smallest absolute Gasteiger partial charge is 0.122 e. The predicted molar refractivity (Wildman–Crippen MR) is 82.5 cm³/mol. The van der Waals surface area contributed by atoms with E-state index in [0.29, 0.717) is 5.41 Å². The zero-order chi connectivity index (χ0) is 14.4. The normalized spacial score (nSPS) is 17.9. The number of aryl methyl sites for hydroxylation is 1. The molecule has 0 bridgehead atoms. The summed E-state index contributed by atoms with van der Waals surface area (Å²) in [6, 6.07) is 6.47. The van der Waals surface area contributed by atoms with Crippen LogP contribution in [0.1, 0.15) is 30.9 Å². The fraction of sp³-hybridized carbons (Fsp3) is 0.647. The first-order valence-electron chi connectivity index (χ1n) is 7.61. The largest absolute Gasteiger partial charge is 0.496 e. The zero-order valence-electron chi connectivity index (χ0n) is 13.0. The molecule has 1 N–H and O–H groups in total. The highest BCUT2D eigenvalue weighted by Gasteiger charge is 2.33. The molecule has 1 aromatic rings. The quantitative estimate of drug-likeness (QED) is 0.867. The van der Waals surface area contributed by atoms with E-state index in [9.17, 15) is 0 Å². The maximum Gasteiger partial charge on any atom is 0.122 e. The lowest BCUT2D eigenvalue weighted by atomic mass is 9.75. The molecule has 1 aromatic carbocycles. The second-order valence-corrected chi connectivity index (χ2v) is 5.88. The second-order valence-electron chi connectivity index (χ2n) is 5.88. The van der Waals surface area contributed by atoms with Crippen LogP contribution in [-0.2, 0) is 11.2 Å². The maximum atomic E-state index is 5.56. The fourth-order valence-electron chi connectivity index (χ4n) is 3.06. The van der Waals surface area contributed by atoms with E-state index in [0.717, 1.165) is 51.3 Å². The van der Waals surface area contributed by atoms with Gasteiger partial charge in [0, 0.05) is 19.8 Å². The molecule has 0 amide bonds. The number of ether oxygens (including phenoxy) is 2. The van der Waals surface area contributed by atoms with Gasteiger partial charge in [0.2, 0.25) is 0 Å². The summed E-state index contributed by atoms with van der Waals surface area (Å²) in [5, 5.41) is 3.53. The van der Waals surface area contributed by atoms with Gasteiger partial charge in [0.15, 0.2) is 0 Å². The molecule has 3 heteroatoms. The lowest BCUT2D eigenvalue weighted by Gasteiger charge is -2.38. The Hall–Kier alpha value is -1.06. The Morgan fingerprint density at radius 3 is 2.70 bits per heavy atom. The van der Waals surface area contributed by atoms with Crippen molar-refractivity contribution in [1.29, 1.82) is 0 Å². The highest BCUT2D eigenvalue weighted by Crippen LogP contribution is 2.36. The Bertz CT molecular complexity index is 425. The summed E-state index contributed by atoms with van der Waals surface area (Å²) < 4.78 is 11.1. The molecule has 20 heavy (non-hydrogen) atoms. The summed E-state index contributed by atoms with van der Waals surface area (Å²) in [6.45, 7) is 8.14. The molecule has 1 aliphatic heterocycles. The van der Waals surface area contributed by atoms with Crippen LogP contribution < -0.4 is 10.1 Å². The molecular formula is C17H27NO2. The molecule has 1 heterocycles. The lowest BCUT2D eigenvalue weighted by Crippen LogP contribution is -2.40. The third kappa shape index (κ3) is 3.74. The van der Waals surface area contributed by atoms with Crippen LogP contribution in [-0.4, -0.2) is 33.4 Å². The molecule has 0 saturated carbocycles. The molecule has 0 aromatic heterocycles. The van der Waals surface area contributed by atoms with Gasteiger partial charge in [-0.2, -0.15) is 0 Å². The summed E-state index contributed by atoms with van der Waals surface area (Å²) in [7, 11) is 1.76. The van der Waals surface area contributed by atoms with Crippen LogP contribution in [0.3, 0.4) is 0 Å². The first kappa shape index (κ1) is 15.3. The van der Waals surface area contributed by atoms with Gasteiger partial charge in [0.05, 0.1) is 7.11 Å². The van der Waals surface area contributed by atoms with Gasteiger partial charge in [-0.05, 0) is 49.8 Å². The van der Waals surface area contributed by atoms with E-state index in [4.69, 9.17) is 9.47 Å². The third-order valence-corrected chi connectivity index (χ3v) is 4.30. The average Bonchev–Trinajstić information content (AvgIpc) is 2.46. The second kappa shape index (κ2) is 7.09. The Morgan fingerprint density at radius 2 is 2.05 bits per heavy atom. The Balaban J connectivity index is 2.20. The van der Waals surface area contributed by atoms with Gasteiger partial charge in [-0.25, -0.2) is 0 Å². The Morgan fingerprint density at radius 1 is 1.30 bits per heavy atom. The van der Waals surface area contributed by atoms with Crippen molar-refractivity contribution in [1.82, 2.24) is 5.32 Å². The van der Waals surface area contributed by atoms with E-state index < -0.39 is 0 Å². The molecule has 0 aliphatic carbocycles. The molecule has 0 spiro atoms.